The highest BCUT2D eigenvalue weighted by Crippen LogP contribution is 2.46. The van der Waals surface area contributed by atoms with Crippen molar-refractivity contribution < 1.29 is 4.74 Å². The first-order valence-corrected chi connectivity index (χ1v) is 10.9. The molecule has 3 aromatic carbocycles. The van der Waals surface area contributed by atoms with Gasteiger partial charge in [-0.3, -0.25) is 0 Å². The molecular weight excluding hydrogens is 374 g/mol. The van der Waals surface area contributed by atoms with E-state index in [4.69, 9.17) is 4.74 Å². The second kappa shape index (κ2) is 8.89. The fraction of sp³-hybridized carbons (Fsp3) is 0.231. The highest BCUT2D eigenvalue weighted by Gasteiger charge is 2.21. The zero-order chi connectivity index (χ0) is 20.2. The van der Waals surface area contributed by atoms with Crippen molar-refractivity contribution in [2.24, 2.45) is 0 Å². The highest BCUT2D eigenvalue weighted by atomic mass is 32.2. The van der Waals surface area contributed by atoms with E-state index < -0.39 is 0 Å². The van der Waals surface area contributed by atoms with Gasteiger partial charge >= 0.3 is 0 Å². The number of aryl methyl sites for hydroxylation is 1. The quantitative estimate of drug-likeness (QED) is 0.370. The molecule has 0 amide bonds. The first kappa shape index (κ1) is 19.8. The number of benzene rings is 3. The van der Waals surface area contributed by atoms with Crippen molar-refractivity contribution in [2.75, 3.05) is 20.6 Å². The molecule has 4 rings (SSSR count). The van der Waals surface area contributed by atoms with E-state index in [9.17, 15) is 0 Å². The summed E-state index contributed by atoms with van der Waals surface area (Å²) in [5.74, 6) is 0.919. The molecule has 2 nitrogen and oxygen atoms in total. The van der Waals surface area contributed by atoms with Crippen molar-refractivity contribution in [1.29, 1.82) is 0 Å². The van der Waals surface area contributed by atoms with Gasteiger partial charge in [0, 0.05) is 16.3 Å². The normalized spacial score (nSPS) is 14.0. The number of hydrogen-bond acceptors (Lipinski definition) is 3. The van der Waals surface area contributed by atoms with Crippen LogP contribution in [0.2, 0.25) is 0 Å². The van der Waals surface area contributed by atoms with Crippen molar-refractivity contribution in [1.82, 2.24) is 4.90 Å². The van der Waals surface area contributed by atoms with Crippen LogP contribution in [0, 0.1) is 6.92 Å². The molecule has 1 aliphatic rings. The van der Waals surface area contributed by atoms with E-state index in [2.05, 4.69) is 98.7 Å². The van der Waals surface area contributed by atoms with Gasteiger partial charge in [0.2, 0.25) is 0 Å². The van der Waals surface area contributed by atoms with Crippen molar-refractivity contribution in [2.45, 2.75) is 29.7 Å². The van der Waals surface area contributed by atoms with Crippen LogP contribution in [-0.2, 0) is 6.61 Å². The third kappa shape index (κ3) is 4.75. The van der Waals surface area contributed by atoms with Gasteiger partial charge in [0.05, 0.1) is 0 Å². The molecule has 0 bridgehead atoms. The van der Waals surface area contributed by atoms with Crippen LogP contribution in [-0.4, -0.2) is 25.5 Å². The number of rotatable bonds is 6. The van der Waals surface area contributed by atoms with Crippen LogP contribution >= 0.6 is 11.8 Å². The first-order chi connectivity index (χ1) is 14.1. The molecule has 1 heterocycles. The third-order valence-electron chi connectivity index (χ3n) is 5.09. The number of nitrogens with zero attached hydrogens (tertiary/aromatic N) is 1. The molecule has 1 aliphatic heterocycles. The van der Waals surface area contributed by atoms with Crippen molar-refractivity contribution in [3.63, 3.8) is 0 Å². The van der Waals surface area contributed by atoms with Gasteiger partial charge in [-0.1, -0.05) is 65.9 Å². The van der Waals surface area contributed by atoms with E-state index in [1.807, 2.05) is 11.8 Å². The molecule has 0 radical (unpaired) electrons. The van der Waals surface area contributed by atoms with Gasteiger partial charge in [0.25, 0.3) is 0 Å². The Morgan fingerprint density at radius 1 is 0.897 bits per heavy atom. The van der Waals surface area contributed by atoms with E-state index >= 15 is 0 Å². The minimum Gasteiger partial charge on any atom is -0.489 e. The van der Waals surface area contributed by atoms with Crippen molar-refractivity contribution in [3.05, 3.63) is 95.1 Å². The van der Waals surface area contributed by atoms with Gasteiger partial charge in [-0.15, -0.1) is 0 Å². The van der Waals surface area contributed by atoms with E-state index in [-0.39, 0.29) is 0 Å². The molecule has 148 valence electrons. The molecule has 0 spiro atoms. The number of fused-ring (bicyclic) bond motifs is 2. The zero-order valence-electron chi connectivity index (χ0n) is 17.3. The molecule has 0 unspecified atom stereocenters. The lowest BCUT2D eigenvalue weighted by molar-refractivity contribution is 0.306. The summed E-state index contributed by atoms with van der Waals surface area (Å²) in [6, 6.07) is 23.7. The average molecular weight is 402 g/mol. The molecule has 3 aromatic rings. The van der Waals surface area contributed by atoms with Crippen LogP contribution in [0.4, 0.5) is 0 Å². The standard InChI is InChI=1S/C26H27NOS/c1-19-10-12-20(13-11-19)18-28-21-14-15-26-24(17-21)22(8-6-16-27(2)3)23-7-4-5-9-25(23)29-26/h4-5,7-15,17H,6,16,18H2,1-3H3/b22-8+. The van der Waals surface area contributed by atoms with Gasteiger partial charge in [-0.2, -0.15) is 0 Å². The maximum absolute atomic E-state index is 6.13. The Labute approximate surface area is 178 Å². The molecule has 0 fully saturated rings. The fourth-order valence-electron chi connectivity index (χ4n) is 3.48. The van der Waals surface area contributed by atoms with Crippen LogP contribution in [0.1, 0.15) is 28.7 Å². The van der Waals surface area contributed by atoms with Gasteiger partial charge in [0.1, 0.15) is 12.4 Å². The molecular formula is C26H27NOS. The van der Waals surface area contributed by atoms with Gasteiger partial charge < -0.3 is 9.64 Å². The maximum atomic E-state index is 6.13. The van der Waals surface area contributed by atoms with E-state index in [1.165, 1.54) is 37.6 Å². The average Bonchev–Trinajstić information content (AvgIpc) is 2.72. The molecule has 0 atom stereocenters. The summed E-state index contributed by atoms with van der Waals surface area (Å²) in [5, 5.41) is 0. The van der Waals surface area contributed by atoms with Crippen LogP contribution in [0.15, 0.2) is 82.6 Å². The minimum atomic E-state index is 0.586. The van der Waals surface area contributed by atoms with Crippen LogP contribution in [0.5, 0.6) is 5.75 Å². The zero-order valence-corrected chi connectivity index (χ0v) is 18.1. The molecule has 0 saturated carbocycles. The van der Waals surface area contributed by atoms with Crippen molar-refractivity contribution >= 4 is 17.3 Å². The Balaban J connectivity index is 1.61. The van der Waals surface area contributed by atoms with E-state index in [0.29, 0.717) is 6.61 Å². The number of ether oxygens (including phenoxy) is 1. The summed E-state index contributed by atoms with van der Waals surface area (Å²) >= 11 is 1.84. The SMILES string of the molecule is Cc1ccc(COc2ccc3c(c2)/C(=C/CCN(C)C)c2ccccc2S3)cc1. The molecule has 3 heteroatoms. The Hall–Kier alpha value is -2.49. The minimum absolute atomic E-state index is 0.586. The van der Waals surface area contributed by atoms with Crippen LogP contribution in [0.3, 0.4) is 0 Å². The summed E-state index contributed by atoms with van der Waals surface area (Å²) in [6.07, 6.45) is 3.40. The Morgan fingerprint density at radius 3 is 2.45 bits per heavy atom. The summed E-state index contributed by atoms with van der Waals surface area (Å²) in [4.78, 5) is 4.84. The Morgan fingerprint density at radius 2 is 1.66 bits per heavy atom. The molecule has 29 heavy (non-hydrogen) atoms. The van der Waals surface area contributed by atoms with E-state index in [0.717, 1.165) is 18.7 Å². The summed E-state index contributed by atoms with van der Waals surface area (Å²) in [7, 11) is 4.24. The smallest absolute Gasteiger partial charge is 0.120 e. The molecule has 0 aliphatic carbocycles. The lowest BCUT2D eigenvalue weighted by atomic mass is 9.96. The van der Waals surface area contributed by atoms with E-state index in [1.54, 1.807) is 0 Å². The summed E-state index contributed by atoms with van der Waals surface area (Å²) in [6.45, 7) is 3.73. The summed E-state index contributed by atoms with van der Waals surface area (Å²) < 4.78 is 6.13. The largest absolute Gasteiger partial charge is 0.489 e. The molecule has 0 N–H and O–H groups in total. The lowest BCUT2D eigenvalue weighted by Crippen LogP contribution is -2.12. The lowest BCUT2D eigenvalue weighted by Gasteiger charge is -2.23. The topological polar surface area (TPSA) is 12.5 Å². The third-order valence-corrected chi connectivity index (χ3v) is 6.24. The van der Waals surface area contributed by atoms with Gasteiger partial charge in [-0.05, 0) is 74.0 Å². The van der Waals surface area contributed by atoms with Crippen LogP contribution in [0.25, 0.3) is 5.57 Å². The maximum Gasteiger partial charge on any atom is 0.120 e. The first-order valence-electron chi connectivity index (χ1n) is 10.0. The highest BCUT2D eigenvalue weighted by molar-refractivity contribution is 7.99. The second-order valence-corrected chi connectivity index (χ2v) is 8.82. The molecule has 0 aromatic heterocycles. The predicted molar refractivity (Wildman–Crippen MR) is 123 cm³/mol. The van der Waals surface area contributed by atoms with Crippen LogP contribution < -0.4 is 4.74 Å². The fourth-order valence-corrected chi connectivity index (χ4v) is 4.56. The van der Waals surface area contributed by atoms with Crippen molar-refractivity contribution in [3.8, 4) is 5.75 Å². The Kier molecular flexibility index (Phi) is 6.08. The predicted octanol–water partition coefficient (Wildman–Crippen LogP) is 6.42. The molecule has 0 saturated heterocycles. The summed E-state index contributed by atoms with van der Waals surface area (Å²) in [5.41, 5.74) is 6.37. The Bertz CT molecular complexity index is 1020. The monoisotopic (exact) mass is 401 g/mol. The second-order valence-electron chi connectivity index (χ2n) is 7.74. The number of hydrogen-bond donors (Lipinski definition) is 0. The van der Waals surface area contributed by atoms with Gasteiger partial charge in [-0.25, -0.2) is 0 Å². The van der Waals surface area contributed by atoms with Gasteiger partial charge in [0.15, 0.2) is 0 Å².